The third-order valence-electron chi connectivity index (χ3n) is 2.55. The fourth-order valence-corrected chi connectivity index (χ4v) is 2.37. The highest BCUT2D eigenvalue weighted by Crippen LogP contribution is 2.29. The largest absolute Gasteiger partial charge is 0.397 e. The first-order valence-corrected chi connectivity index (χ1v) is 6.35. The van der Waals surface area contributed by atoms with Crippen LogP contribution in [0.5, 0.6) is 0 Å². The van der Waals surface area contributed by atoms with Crippen LogP contribution in [0.4, 0.5) is 5.69 Å². The molecular formula is C12H18N2OS. The van der Waals surface area contributed by atoms with E-state index >= 15 is 0 Å². The zero-order valence-corrected chi connectivity index (χ0v) is 10.5. The van der Waals surface area contributed by atoms with Crippen LogP contribution in [0.3, 0.4) is 0 Å². The molecule has 4 heteroatoms. The Labute approximate surface area is 101 Å². The molecule has 0 saturated carbocycles. The summed E-state index contributed by atoms with van der Waals surface area (Å²) in [4.78, 5) is 12.0. The van der Waals surface area contributed by atoms with Crippen molar-refractivity contribution in [1.82, 2.24) is 0 Å². The van der Waals surface area contributed by atoms with E-state index in [0.717, 1.165) is 17.1 Å². The number of benzene rings is 1. The number of anilines is 1. The van der Waals surface area contributed by atoms with Gasteiger partial charge in [-0.25, -0.2) is 0 Å². The molecule has 0 aliphatic carbocycles. The molecule has 1 amide bonds. The molecule has 88 valence electrons. The lowest BCUT2D eigenvalue weighted by Crippen LogP contribution is -2.13. The van der Waals surface area contributed by atoms with Gasteiger partial charge in [0, 0.05) is 10.6 Å². The van der Waals surface area contributed by atoms with Gasteiger partial charge in [0.25, 0.3) is 5.91 Å². The molecule has 1 unspecified atom stereocenters. The van der Waals surface area contributed by atoms with E-state index in [1.165, 1.54) is 0 Å². The highest BCUT2D eigenvalue weighted by Gasteiger charge is 2.10. The molecule has 0 radical (unpaired) electrons. The number of hydrogen-bond donors (Lipinski definition) is 2. The van der Waals surface area contributed by atoms with Crippen LogP contribution in [0.15, 0.2) is 23.1 Å². The van der Waals surface area contributed by atoms with Crippen LogP contribution in [-0.2, 0) is 0 Å². The molecule has 0 fully saturated rings. The predicted molar refractivity (Wildman–Crippen MR) is 69.6 cm³/mol. The van der Waals surface area contributed by atoms with Gasteiger partial charge in [0.1, 0.15) is 0 Å². The average molecular weight is 238 g/mol. The number of thioether (sulfide) groups is 1. The molecule has 16 heavy (non-hydrogen) atoms. The molecule has 3 nitrogen and oxygen atoms in total. The second kappa shape index (κ2) is 5.80. The van der Waals surface area contributed by atoms with Gasteiger partial charge in [0.05, 0.1) is 11.3 Å². The third-order valence-corrected chi connectivity index (χ3v) is 3.95. The number of carbonyl (C=O) groups is 1. The molecule has 0 aliphatic heterocycles. The Morgan fingerprint density at radius 3 is 2.75 bits per heavy atom. The van der Waals surface area contributed by atoms with Crippen LogP contribution in [0, 0.1) is 5.92 Å². The van der Waals surface area contributed by atoms with Crippen molar-refractivity contribution in [2.75, 3.05) is 11.5 Å². The van der Waals surface area contributed by atoms with E-state index in [4.69, 9.17) is 11.5 Å². The van der Waals surface area contributed by atoms with Gasteiger partial charge < -0.3 is 11.5 Å². The first-order valence-electron chi connectivity index (χ1n) is 5.37. The Balaban J connectivity index is 2.81. The number of para-hydroxylation sites is 1. The molecule has 0 bridgehead atoms. The van der Waals surface area contributed by atoms with Crippen molar-refractivity contribution in [2.24, 2.45) is 11.7 Å². The fraction of sp³-hybridized carbons (Fsp3) is 0.417. The lowest BCUT2D eigenvalue weighted by atomic mass is 10.2. The van der Waals surface area contributed by atoms with Gasteiger partial charge in [-0.1, -0.05) is 26.3 Å². The molecule has 0 aromatic heterocycles. The monoisotopic (exact) mass is 238 g/mol. The molecule has 0 heterocycles. The number of primary amides is 1. The number of nitrogen functional groups attached to an aromatic ring is 1. The van der Waals surface area contributed by atoms with Gasteiger partial charge in [-0.15, -0.1) is 11.8 Å². The predicted octanol–water partition coefficient (Wildman–Crippen LogP) is 2.51. The highest BCUT2D eigenvalue weighted by atomic mass is 32.2. The number of hydrogen-bond acceptors (Lipinski definition) is 3. The third kappa shape index (κ3) is 3.17. The van der Waals surface area contributed by atoms with Gasteiger partial charge >= 0.3 is 0 Å². The van der Waals surface area contributed by atoms with Crippen molar-refractivity contribution in [2.45, 2.75) is 25.2 Å². The number of nitrogens with two attached hydrogens (primary N) is 2. The molecular weight excluding hydrogens is 220 g/mol. The minimum Gasteiger partial charge on any atom is -0.397 e. The first kappa shape index (κ1) is 12.9. The summed E-state index contributed by atoms with van der Waals surface area (Å²) in [6.45, 7) is 4.36. The normalized spacial score (nSPS) is 12.4. The van der Waals surface area contributed by atoms with Crippen LogP contribution in [-0.4, -0.2) is 11.7 Å². The summed E-state index contributed by atoms with van der Waals surface area (Å²) in [6, 6.07) is 5.40. The zero-order valence-electron chi connectivity index (χ0n) is 9.69. The van der Waals surface area contributed by atoms with Gasteiger partial charge in [0.2, 0.25) is 0 Å². The van der Waals surface area contributed by atoms with Gasteiger partial charge in [0.15, 0.2) is 0 Å². The van der Waals surface area contributed by atoms with Crippen molar-refractivity contribution >= 4 is 23.4 Å². The van der Waals surface area contributed by atoms with E-state index in [0.29, 0.717) is 17.2 Å². The zero-order chi connectivity index (χ0) is 12.1. The molecule has 4 N–H and O–H groups in total. The maximum absolute atomic E-state index is 11.1. The van der Waals surface area contributed by atoms with Crippen molar-refractivity contribution in [1.29, 1.82) is 0 Å². The Kier molecular flexibility index (Phi) is 4.68. The van der Waals surface area contributed by atoms with E-state index in [1.807, 2.05) is 12.1 Å². The Bertz CT molecular complexity index is 379. The topological polar surface area (TPSA) is 69.1 Å². The van der Waals surface area contributed by atoms with E-state index in [9.17, 15) is 4.79 Å². The number of carbonyl (C=O) groups excluding carboxylic acids is 1. The van der Waals surface area contributed by atoms with E-state index in [2.05, 4.69) is 13.8 Å². The highest BCUT2D eigenvalue weighted by molar-refractivity contribution is 7.99. The van der Waals surface area contributed by atoms with Gasteiger partial charge in [-0.2, -0.15) is 0 Å². The summed E-state index contributed by atoms with van der Waals surface area (Å²) in [5.74, 6) is 1.17. The second-order valence-corrected chi connectivity index (χ2v) is 4.97. The quantitative estimate of drug-likeness (QED) is 0.611. The minimum absolute atomic E-state index is 0.411. The maximum atomic E-state index is 11.1. The number of rotatable bonds is 5. The first-order chi connectivity index (χ1) is 7.56. The lowest BCUT2D eigenvalue weighted by Gasteiger charge is -2.11. The lowest BCUT2D eigenvalue weighted by molar-refractivity contribution is 0.100. The summed E-state index contributed by atoms with van der Waals surface area (Å²) in [5, 5.41) is 0. The molecule has 1 rings (SSSR count). The van der Waals surface area contributed by atoms with E-state index < -0.39 is 5.91 Å². The Morgan fingerprint density at radius 2 is 2.19 bits per heavy atom. The molecule has 1 aromatic rings. The van der Waals surface area contributed by atoms with Gasteiger partial charge in [-0.05, 0) is 18.1 Å². The number of amides is 1. The molecule has 0 saturated heterocycles. The second-order valence-electron chi connectivity index (χ2n) is 3.91. The molecule has 0 aliphatic rings. The molecule has 1 aromatic carbocycles. The van der Waals surface area contributed by atoms with Crippen molar-refractivity contribution in [3.05, 3.63) is 23.8 Å². The van der Waals surface area contributed by atoms with Crippen LogP contribution < -0.4 is 11.5 Å². The van der Waals surface area contributed by atoms with E-state index in [1.54, 1.807) is 17.8 Å². The van der Waals surface area contributed by atoms with Crippen molar-refractivity contribution < 1.29 is 4.79 Å². The van der Waals surface area contributed by atoms with Gasteiger partial charge in [-0.3, -0.25) is 4.79 Å². The Morgan fingerprint density at radius 1 is 1.50 bits per heavy atom. The summed E-state index contributed by atoms with van der Waals surface area (Å²) in [5.41, 5.74) is 12.0. The fourth-order valence-electron chi connectivity index (χ4n) is 1.23. The standard InChI is InChI=1S/C12H18N2OS/c1-3-8(2)7-16-10-6-4-5-9(11(10)13)12(14)15/h4-6,8H,3,7,13H2,1-2H3,(H2,14,15). The summed E-state index contributed by atoms with van der Waals surface area (Å²) in [7, 11) is 0. The van der Waals surface area contributed by atoms with E-state index in [-0.39, 0.29) is 0 Å². The average Bonchev–Trinajstić information content (AvgIpc) is 2.26. The van der Waals surface area contributed by atoms with Crippen molar-refractivity contribution in [3.8, 4) is 0 Å². The molecule has 1 atom stereocenters. The smallest absolute Gasteiger partial charge is 0.250 e. The molecule has 0 spiro atoms. The van der Waals surface area contributed by atoms with Crippen LogP contribution in [0.25, 0.3) is 0 Å². The SMILES string of the molecule is CCC(C)CSc1cccc(C(N)=O)c1N. The Hall–Kier alpha value is -1.16. The summed E-state index contributed by atoms with van der Waals surface area (Å²) < 4.78 is 0. The maximum Gasteiger partial charge on any atom is 0.250 e. The summed E-state index contributed by atoms with van der Waals surface area (Å²) >= 11 is 1.68. The van der Waals surface area contributed by atoms with Crippen LogP contribution >= 0.6 is 11.8 Å². The van der Waals surface area contributed by atoms with Crippen molar-refractivity contribution in [3.63, 3.8) is 0 Å². The summed E-state index contributed by atoms with van der Waals surface area (Å²) in [6.07, 6.45) is 1.14. The minimum atomic E-state index is -0.469. The van der Waals surface area contributed by atoms with Crippen LogP contribution in [0.2, 0.25) is 0 Å². The van der Waals surface area contributed by atoms with Crippen LogP contribution in [0.1, 0.15) is 30.6 Å².